The first-order chi connectivity index (χ1) is 17.8. The molecule has 38 heavy (non-hydrogen) atoms. The van der Waals surface area contributed by atoms with E-state index in [0.29, 0.717) is 30.1 Å². The van der Waals surface area contributed by atoms with Gasteiger partial charge in [-0.25, -0.2) is 0 Å². The first-order valence-corrected chi connectivity index (χ1v) is 15.1. The van der Waals surface area contributed by atoms with Crippen molar-refractivity contribution >= 4 is 5.97 Å². The Morgan fingerprint density at radius 1 is 0.974 bits per heavy atom. The first kappa shape index (κ1) is 29.6. The summed E-state index contributed by atoms with van der Waals surface area (Å²) in [5, 5.41) is 42.0. The van der Waals surface area contributed by atoms with Crippen LogP contribution in [0.1, 0.15) is 95.2 Å². The molecule has 4 saturated carbocycles. The molecule has 1 aromatic rings. The van der Waals surface area contributed by atoms with Crippen LogP contribution in [-0.4, -0.2) is 44.7 Å². The van der Waals surface area contributed by atoms with Crippen molar-refractivity contribution in [1.29, 1.82) is 0 Å². The number of benzene rings is 1. The number of hydrogen-bond donors (Lipinski definition) is 4. The zero-order valence-electron chi connectivity index (χ0n) is 24.5. The Hall–Kier alpha value is -1.43. The Morgan fingerprint density at radius 2 is 1.68 bits per heavy atom. The number of aryl methyl sites for hydroxylation is 3. The van der Waals surface area contributed by atoms with Gasteiger partial charge in [-0.1, -0.05) is 44.5 Å². The number of carbonyl (C=O) groups is 1. The number of aliphatic hydroxyl groups excluding tert-OH is 3. The molecule has 4 aliphatic rings. The van der Waals surface area contributed by atoms with Crippen molar-refractivity contribution in [2.75, 3.05) is 0 Å². The molecule has 4 N–H and O–H groups in total. The van der Waals surface area contributed by atoms with E-state index < -0.39 is 12.1 Å². The van der Waals surface area contributed by atoms with E-state index in [4.69, 9.17) is 5.11 Å². The molecule has 0 bridgehead atoms. The largest absolute Gasteiger partial charge is 0.481 e. The molecule has 0 heterocycles. The van der Waals surface area contributed by atoms with Crippen molar-refractivity contribution in [1.82, 2.24) is 0 Å². The van der Waals surface area contributed by atoms with Gasteiger partial charge < -0.3 is 20.4 Å². The van der Waals surface area contributed by atoms with E-state index >= 15 is 0 Å². The van der Waals surface area contributed by atoms with Crippen molar-refractivity contribution in [2.24, 2.45) is 46.3 Å². The SMILES string of the molecule is C[C@H](CCC(=O)O)[C@H]1CC[C@H]2[C@@H]3[C@H](O)C[C@@H]4C[C@H](O)CC[C@]4(C)[C@H]3C[C@H](O)[C@]12C.Cc1ccc(C)c(C)c1. The number of fused-ring (bicyclic) bond motifs is 5. The molecule has 5 heteroatoms. The molecule has 0 amide bonds. The number of rotatable bonds is 4. The molecular weight excluding hydrogens is 476 g/mol. The molecule has 0 radical (unpaired) electrons. The third-order valence-electron chi connectivity index (χ3n) is 12.0. The molecule has 11 atom stereocenters. The van der Waals surface area contributed by atoms with Crippen LogP contribution < -0.4 is 0 Å². The number of aliphatic carboxylic acids is 1. The van der Waals surface area contributed by atoms with Crippen molar-refractivity contribution in [3.8, 4) is 0 Å². The minimum atomic E-state index is -0.748. The summed E-state index contributed by atoms with van der Waals surface area (Å²) in [4.78, 5) is 11.1. The van der Waals surface area contributed by atoms with E-state index in [1.54, 1.807) is 0 Å². The Morgan fingerprint density at radius 3 is 2.32 bits per heavy atom. The highest BCUT2D eigenvalue weighted by Gasteiger charge is 2.65. The van der Waals surface area contributed by atoms with Gasteiger partial charge in [0.1, 0.15) is 0 Å². The zero-order chi connectivity index (χ0) is 28.0. The van der Waals surface area contributed by atoms with Gasteiger partial charge in [-0.05, 0) is 130 Å². The Labute approximate surface area is 230 Å². The second-order valence-corrected chi connectivity index (χ2v) is 14.0. The van der Waals surface area contributed by atoms with Gasteiger partial charge in [0.05, 0.1) is 18.3 Å². The summed E-state index contributed by atoms with van der Waals surface area (Å²) in [6, 6.07) is 6.50. The lowest BCUT2D eigenvalue weighted by Gasteiger charge is -2.63. The van der Waals surface area contributed by atoms with Crippen LogP contribution in [0.3, 0.4) is 0 Å². The quantitative estimate of drug-likeness (QED) is 0.381. The molecule has 0 aromatic heterocycles. The fourth-order valence-corrected chi connectivity index (χ4v) is 9.58. The predicted octanol–water partition coefficient (Wildman–Crippen LogP) is 6.06. The minimum Gasteiger partial charge on any atom is -0.481 e. The van der Waals surface area contributed by atoms with Gasteiger partial charge in [0.15, 0.2) is 0 Å². The van der Waals surface area contributed by atoms with Crippen molar-refractivity contribution in [3.63, 3.8) is 0 Å². The summed E-state index contributed by atoms with van der Waals surface area (Å²) < 4.78 is 0. The summed E-state index contributed by atoms with van der Waals surface area (Å²) in [5.41, 5.74) is 3.96. The van der Waals surface area contributed by atoms with Gasteiger partial charge in [0, 0.05) is 6.42 Å². The first-order valence-electron chi connectivity index (χ1n) is 15.1. The summed E-state index contributed by atoms with van der Waals surface area (Å²) in [5.74, 6) is 0.997. The molecule has 4 fully saturated rings. The summed E-state index contributed by atoms with van der Waals surface area (Å²) in [6.07, 6.45) is 6.00. The third kappa shape index (κ3) is 5.32. The van der Waals surface area contributed by atoms with Gasteiger partial charge in [0.25, 0.3) is 0 Å². The highest BCUT2D eigenvalue weighted by Crippen LogP contribution is 2.68. The molecule has 0 unspecified atom stereocenters. The highest BCUT2D eigenvalue weighted by molar-refractivity contribution is 5.66. The van der Waals surface area contributed by atoms with Crippen molar-refractivity contribution in [2.45, 2.75) is 118 Å². The van der Waals surface area contributed by atoms with Crippen molar-refractivity contribution < 1.29 is 25.2 Å². The van der Waals surface area contributed by atoms with Gasteiger partial charge in [-0.15, -0.1) is 0 Å². The number of aliphatic hydroxyl groups is 3. The molecule has 0 saturated heterocycles. The molecule has 1 aromatic carbocycles. The summed E-state index contributed by atoms with van der Waals surface area (Å²) in [7, 11) is 0. The smallest absolute Gasteiger partial charge is 0.303 e. The van der Waals surface area contributed by atoms with E-state index in [9.17, 15) is 20.1 Å². The fourth-order valence-electron chi connectivity index (χ4n) is 9.58. The summed E-state index contributed by atoms with van der Waals surface area (Å²) >= 11 is 0. The Balaban J connectivity index is 0.000000317. The Kier molecular flexibility index (Phi) is 8.72. The normalized spacial score (nSPS) is 42.7. The van der Waals surface area contributed by atoms with E-state index in [1.807, 2.05) is 0 Å². The second-order valence-electron chi connectivity index (χ2n) is 14.0. The third-order valence-corrected chi connectivity index (χ3v) is 12.0. The van der Waals surface area contributed by atoms with Gasteiger partial charge in [0.2, 0.25) is 0 Å². The van der Waals surface area contributed by atoms with Crippen LogP contribution in [0.4, 0.5) is 0 Å². The van der Waals surface area contributed by atoms with Crippen LogP contribution in [0.25, 0.3) is 0 Å². The molecule has 4 aliphatic carbocycles. The van der Waals surface area contributed by atoms with Crippen LogP contribution in [0, 0.1) is 67.1 Å². The van der Waals surface area contributed by atoms with Crippen LogP contribution >= 0.6 is 0 Å². The topological polar surface area (TPSA) is 98.0 Å². The van der Waals surface area contributed by atoms with Crippen LogP contribution in [0.15, 0.2) is 18.2 Å². The average Bonchev–Trinajstić information content (AvgIpc) is 3.21. The zero-order valence-corrected chi connectivity index (χ0v) is 24.5. The monoisotopic (exact) mass is 528 g/mol. The average molecular weight is 529 g/mol. The predicted molar refractivity (Wildman–Crippen MR) is 151 cm³/mol. The van der Waals surface area contributed by atoms with E-state index in [-0.39, 0.29) is 41.3 Å². The van der Waals surface area contributed by atoms with Crippen LogP contribution in [0.2, 0.25) is 0 Å². The maximum Gasteiger partial charge on any atom is 0.303 e. The van der Waals surface area contributed by atoms with Gasteiger partial charge in [-0.3, -0.25) is 4.79 Å². The number of carboxylic acids is 1. The minimum absolute atomic E-state index is 0.0957. The van der Waals surface area contributed by atoms with Crippen LogP contribution in [0.5, 0.6) is 0 Å². The molecular formula is C33H52O5. The summed E-state index contributed by atoms with van der Waals surface area (Å²) in [6.45, 7) is 13.1. The second kappa shape index (κ2) is 11.2. The molecule has 0 aliphatic heterocycles. The van der Waals surface area contributed by atoms with E-state index in [2.05, 4.69) is 59.7 Å². The number of hydrogen-bond acceptors (Lipinski definition) is 4. The van der Waals surface area contributed by atoms with Gasteiger partial charge >= 0.3 is 5.97 Å². The number of carboxylic acid groups (broad SMARTS) is 1. The van der Waals surface area contributed by atoms with E-state index in [0.717, 1.165) is 44.9 Å². The highest BCUT2D eigenvalue weighted by atomic mass is 16.4. The fraction of sp³-hybridized carbons (Fsp3) is 0.788. The standard InChI is InChI=1S/C24H40O5.C9H12/c1-13(4-7-21(28)29)16-5-6-17-22-18(12-20(27)24(16,17)3)23(2)9-8-15(25)10-14(23)11-19(22)26;1-7-4-5-8(2)9(3)6-7/h13-20,22,25-27H,4-12H2,1-3H3,(H,28,29);4-6H,1-3H3/t13-,14+,15-,16-,17+,18+,19-,20+,22+,23+,24-;/m1./s1. The maximum atomic E-state index is 11.5. The maximum absolute atomic E-state index is 11.5. The van der Waals surface area contributed by atoms with E-state index in [1.165, 1.54) is 16.7 Å². The lowest BCUT2D eigenvalue weighted by atomic mass is 9.43. The molecule has 5 rings (SSSR count). The van der Waals surface area contributed by atoms with Gasteiger partial charge in [-0.2, -0.15) is 0 Å². The molecule has 0 spiro atoms. The lowest BCUT2D eigenvalue weighted by Crippen LogP contribution is -2.62. The Bertz CT molecular complexity index is 992. The molecule has 5 nitrogen and oxygen atoms in total. The molecule has 214 valence electrons. The van der Waals surface area contributed by atoms with Crippen LogP contribution in [-0.2, 0) is 4.79 Å². The lowest BCUT2D eigenvalue weighted by molar-refractivity contribution is -0.207. The van der Waals surface area contributed by atoms with Crippen molar-refractivity contribution in [3.05, 3.63) is 34.9 Å².